The van der Waals surface area contributed by atoms with Gasteiger partial charge in [-0.1, -0.05) is 41.5 Å². The van der Waals surface area contributed by atoms with E-state index in [1.54, 1.807) is 0 Å². The van der Waals surface area contributed by atoms with Crippen molar-refractivity contribution in [2.24, 2.45) is 22.7 Å². The first kappa shape index (κ1) is 14.4. The van der Waals surface area contributed by atoms with Crippen LogP contribution in [0.4, 0.5) is 0 Å². The number of rotatable bonds is 1. The van der Waals surface area contributed by atoms with E-state index in [1.165, 1.54) is 32.1 Å². The molecule has 3 atom stereocenters. The lowest BCUT2D eigenvalue weighted by molar-refractivity contribution is 0.00135. The number of hydrogen-bond acceptors (Lipinski definition) is 1. The maximum atomic E-state index is 6.17. The largest absolute Gasteiger partial charge is 0.375 e. The van der Waals surface area contributed by atoms with Gasteiger partial charge in [0, 0.05) is 6.61 Å². The van der Waals surface area contributed by atoms with Crippen molar-refractivity contribution in [2.45, 2.75) is 79.2 Å². The van der Waals surface area contributed by atoms with Crippen molar-refractivity contribution < 1.29 is 4.74 Å². The molecule has 0 amide bonds. The normalized spacial score (nSPS) is 37.7. The zero-order valence-corrected chi connectivity index (χ0v) is 13.3. The Bertz CT molecular complexity index is 286. The van der Waals surface area contributed by atoms with Crippen molar-refractivity contribution in [1.29, 1.82) is 0 Å². The molecule has 1 heterocycles. The molecule has 18 heavy (non-hydrogen) atoms. The fourth-order valence-corrected chi connectivity index (χ4v) is 4.36. The summed E-state index contributed by atoms with van der Waals surface area (Å²) in [7, 11) is 0. The Hall–Kier alpha value is -0.0400. The van der Waals surface area contributed by atoms with E-state index in [1.807, 2.05) is 0 Å². The lowest BCUT2D eigenvalue weighted by Crippen LogP contribution is -2.27. The van der Waals surface area contributed by atoms with E-state index in [9.17, 15) is 0 Å². The van der Waals surface area contributed by atoms with Gasteiger partial charge in [0.05, 0.1) is 5.60 Å². The highest BCUT2D eigenvalue weighted by Crippen LogP contribution is 2.55. The van der Waals surface area contributed by atoms with E-state index in [2.05, 4.69) is 41.5 Å². The average molecular weight is 252 g/mol. The molecule has 1 aliphatic carbocycles. The SMILES string of the molecule is CC(C)(C)CC1CC2(CCCO2)CC1C(C)(C)C. The van der Waals surface area contributed by atoms with Gasteiger partial charge in [-0.15, -0.1) is 0 Å². The Morgan fingerprint density at radius 2 is 1.72 bits per heavy atom. The molecule has 2 rings (SSSR count). The first-order valence-corrected chi connectivity index (χ1v) is 7.75. The van der Waals surface area contributed by atoms with Crippen LogP contribution in [-0.2, 0) is 4.74 Å². The fourth-order valence-electron chi connectivity index (χ4n) is 4.36. The van der Waals surface area contributed by atoms with Gasteiger partial charge in [-0.05, 0) is 54.8 Å². The summed E-state index contributed by atoms with van der Waals surface area (Å²) in [4.78, 5) is 0. The zero-order valence-electron chi connectivity index (χ0n) is 13.3. The van der Waals surface area contributed by atoms with Crippen LogP contribution < -0.4 is 0 Å². The second kappa shape index (κ2) is 4.51. The Kier molecular flexibility index (Phi) is 3.60. The van der Waals surface area contributed by atoms with Crippen LogP contribution >= 0.6 is 0 Å². The van der Waals surface area contributed by atoms with Crippen LogP contribution in [0.25, 0.3) is 0 Å². The van der Waals surface area contributed by atoms with Crippen LogP contribution in [0, 0.1) is 22.7 Å². The second-order valence-corrected chi connectivity index (χ2v) is 9.04. The van der Waals surface area contributed by atoms with Gasteiger partial charge in [0.25, 0.3) is 0 Å². The first-order chi connectivity index (χ1) is 8.11. The summed E-state index contributed by atoms with van der Waals surface area (Å²) in [6, 6.07) is 0. The number of hydrogen-bond donors (Lipinski definition) is 0. The van der Waals surface area contributed by atoms with E-state index >= 15 is 0 Å². The zero-order chi connectivity index (χ0) is 13.6. The summed E-state index contributed by atoms with van der Waals surface area (Å²) < 4.78 is 6.17. The maximum absolute atomic E-state index is 6.17. The van der Waals surface area contributed by atoms with Crippen LogP contribution in [0.5, 0.6) is 0 Å². The minimum absolute atomic E-state index is 0.258. The second-order valence-electron chi connectivity index (χ2n) is 9.04. The fraction of sp³-hybridized carbons (Fsp3) is 1.00. The van der Waals surface area contributed by atoms with Gasteiger partial charge >= 0.3 is 0 Å². The van der Waals surface area contributed by atoms with Crippen LogP contribution in [-0.4, -0.2) is 12.2 Å². The average Bonchev–Trinajstić information content (AvgIpc) is 2.71. The number of ether oxygens (including phenoxy) is 1. The minimum Gasteiger partial charge on any atom is -0.375 e. The molecule has 2 fully saturated rings. The van der Waals surface area contributed by atoms with E-state index in [0.717, 1.165) is 18.4 Å². The molecule has 2 aliphatic rings. The molecule has 0 aromatic carbocycles. The molecule has 1 heteroatoms. The predicted octanol–water partition coefficient (Wildman–Crippen LogP) is 5.04. The lowest BCUT2D eigenvalue weighted by atomic mass is 9.70. The molecular weight excluding hydrogens is 220 g/mol. The molecule has 0 radical (unpaired) electrons. The highest BCUT2D eigenvalue weighted by Gasteiger charge is 2.51. The molecule has 106 valence electrons. The van der Waals surface area contributed by atoms with Gasteiger partial charge < -0.3 is 4.74 Å². The molecule has 1 spiro atoms. The lowest BCUT2D eigenvalue weighted by Gasteiger charge is -2.35. The van der Waals surface area contributed by atoms with E-state index in [4.69, 9.17) is 4.74 Å². The van der Waals surface area contributed by atoms with Gasteiger partial charge in [0.15, 0.2) is 0 Å². The Balaban J connectivity index is 2.15. The van der Waals surface area contributed by atoms with Gasteiger partial charge in [-0.25, -0.2) is 0 Å². The molecule has 3 unspecified atom stereocenters. The first-order valence-electron chi connectivity index (χ1n) is 7.75. The van der Waals surface area contributed by atoms with Gasteiger partial charge in [-0.2, -0.15) is 0 Å². The quantitative estimate of drug-likeness (QED) is 0.635. The summed E-state index contributed by atoms with van der Waals surface area (Å²) in [6.45, 7) is 15.4. The third kappa shape index (κ3) is 3.10. The standard InChI is InChI=1S/C17H32O/c1-15(2,3)10-13-11-17(8-7-9-18-17)12-14(13)16(4,5)6/h13-14H,7-12H2,1-6H3. The minimum atomic E-state index is 0.258. The van der Waals surface area contributed by atoms with Crippen LogP contribution in [0.2, 0.25) is 0 Å². The van der Waals surface area contributed by atoms with Crippen LogP contribution in [0.3, 0.4) is 0 Å². The Morgan fingerprint density at radius 1 is 1.06 bits per heavy atom. The van der Waals surface area contributed by atoms with Gasteiger partial charge in [0.1, 0.15) is 0 Å². The highest BCUT2D eigenvalue weighted by molar-refractivity contribution is 5.01. The molecule has 1 saturated carbocycles. The van der Waals surface area contributed by atoms with Gasteiger partial charge in [0.2, 0.25) is 0 Å². The van der Waals surface area contributed by atoms with Gasteiger partial charge in [-0.3, -0.25) is 0 Å². The van der Waals surface area contributed by atoms with E-state index in [-0.39, 0.29) is 5.60 Å². The van der Waals surface area contributed by atoms with Crippen LogP contribution in [0.1, 0.15) is 73.6 Å². The molecule has 0 aromatic rings. The highest BCUT2D eigenvalue weighted by atomic mass is 16.5. The maximum Gasteiger partial charge on any atom is 0.0689 e. The van der Waals surface area contributed by atoms with Crippen LogP contribution in [0.15, 0.2) is 0 Å². The molecule has 0 aromatic heterocycles. The predicted molar refractivity (Wildman–Crippen MR) is 77.7 cm³/mol. The summed E-state index contributed by atoms with van der Waals surface area (Å²) in [5, 5.41) is 0. The summed E-state index contributed by atoms with van der Waals surface area (Å²) in [6.07, 6.45) is 6.54. The Morgan fingerprint density at radius 3 is 2.17 bits per heavy atom. The topological polar surface area (TPSA) is 9.23 Å². The molecular formula is C17H32O. The van der Waals surface area contributed by atoms with Crippen molar-refractivity contribution >= 4 is 0 Å². The molecule has 1 nitrogen and oxygen atoms in total. The van der Waals surface area contributed by atoms with Crippen molar-refractivity contribution in [2.75, 3.05) is 6.61 Å². The molecule has 1 saturated heterocycles. The third-order valence-corrected chi connectivity index (χ3v) is 4.97. The Labute approximate surface area is 114 Å². The summed E-state index contributed by atoms with van der Waals surface area (Å²) in [5.41, 5.74) is 1.12. The molecule has 0 bridgehead atoms. The monoisotopic (exact) mass is 252 g/mol. The van der Waals surface area contributed by atoms with Crippen molar-refractivity contribution in [1.82, 2.24) is 0 Å². The third-order valence-electron chi connectivity index (χ3n) is 4.97. The van der Waals surface area contributed by atoms with Crippen molar-refractivity contribution in [3.8, 4) is 0 Å². The summed E-state index contributed by atoms with van der Waals surface area (Å²) in [5.74, 6) is 1.68. The van der Waals surface area contributed by atoms with Crippen molar-refractivity contribution in [3.63, 3.8) is 0 Å². The van der Waals surface area contributed by atoms with Crippen molar-refractivity contribution in [3.05, 3.63) is 0 Å². The smallest absolute Gasteiger partial charge is 0.0689 e. The van der Waals surface area contributed by atoms with E-state index < -0.39 is 0 Å². The molecule has 1 aliphatic heterocycles. The van der Waals surface area contributed by atoms with E-state index in [0.29, 0.717) is 10.8 Å². The summed E-state index contributed by atoms with van der Waals surface area (Å²) >= 11 is 0. The molecule has 0 N–H and O–H groups in total.